The Morgan fingerprint density at radius 1 is 1.22 bits per heavy atom. The first-order chi connectivity index (χ1) is 15.4. The molecule has 1 saturated carbocycles. The fraction of sp³-hybridized carbons (Fsp3) is 0.458. The average Bonchev–Trinajstić information content (AvgIpc) is 2.77. The Morgan fingerprint density at radius 3 is 2.59 bits per heavy atom. The maximum absolute atomic E-state index is 11.7. The van der Waals surface area contributed by atoms with E-state index in [1.165, 1.54) is 18.6 Å². The first-order valence-corrected chi connectivity index (χ1v) is 11.1. The normalized spacial score (nSPS) is 21.4. The number of carbonyl (C=O) groups is 1. The van der Waals surface area contributed by atoms with Gasteiger partial charge in [-0.05, 0) is 50.3 Å². The number of nitro groups is 1. The second kappa shape index (κ2) is 9.26. The Bertz CT molecular complexity index is 989. The van der Waals surface area contributed by atoms with E-state index in [4.69, 9.17) is 4.74 Å². The van der Waals surface area contributed by atoms with Gasteiger partial charge >= 0.3 is 0 Å². The number of nitrogens with one attached hydrogen (secondary N) is 2. The third-order valence-electron chi connectivity index (χ3n) is 6.46. The van der Waals surface area contributed by atoms with Gasteiger partial charge in [-0.2, -0.15) is 0 Å². The van der Waals surface area contributed by atoms with Crippen molar-refractivity contribution in [1.29, 1.82) is 0 Å². The molecule has 1 heterocycles. The topological polar surface area (TPSA) is 114 Å². The summed E-state index contributed by atoms with van der Waals surface area (Å²) in [5.74, 6) is -0.00197. The fourth-order valence-electron chi connectivity index (χ4n) is 4.90. The molecule has 8 nitrogen and oxygen atoms in total. The molecule has 1 aliphatic heterocycles. The zero-order valence-corrected chi connectivity index (χ0v) is 18.2. The molecule has 1 aliphatic carbocycles. The van der Waals surface area contributed by atoms with Crippen molar-refractivity contribution in [2.45, 2.75) is 63.2 Å². The molecule has 2 aromatic rings. The number of ether oxygens (including phenoxy) is 1. The lowest BCUT2D eigenvalue weighted by molar-refractivity contribution is -0.384. The Hall–Kier alpha value is -2.97. The number of carbonyl (C=O) groups excluding carboxylic acids is 1. The highest BCUT2D eigenvalue weighted by atomic mass is 16.6. The van der Waals surface area contributed by atoms with Crippen molar-refractivity contribution >= 4 is 17.3 Å². The summed E-state index contributed by atoms with van der Waals surface area (Å²) in [7, 11) is 0. The van der Waals surface area contributed by atoms with Crippen LogP contribution in [0.15, 0.2) is 42.5 Å². The summed E-state index contributed by atoms with van der Waals surface area (Å²) in [5.41, 5.74) is 0.919. The van der Waals surface area contributed by atoms with Crippen LogP contribution in [0.25, 0.3) is 0 Å². The molecule has 0 aromatic heterocycles. The Balaban J connectivity index is 1.69. The van der Waals surface area contributed by atoms with Crippen molar-refractivity contribution < 1.29 is 19.6 Å². The van der Waals surface area contributed by atoms with Gasteiger partial charge in [0, 0.05) is 12.5 Å². The number of nitro benzene ring substituents is 1. The van der Waals surface area contributed by atoms with E-state index in [0.717, 1.165) is 25.7 Å². The molecule has 170 valence electrons. The number of aliphatic hydroxyl groups excluding tert-OH is 1. The zero-order valence-electron chi connectivity index (χ0n) is 18.2. The minimum Gasteiger partial charge on any atom is -0.484 e. The number of anilines is 1. The molecule has 3 N–H and O–H groups in total. The van der Waals surface area contributed by atoms with Gasteiger partial charge in [-0.15, -0.1) is 0 Å². The van der Waals surface area contributed by atoms with Gasteiger partial charge in [0.1, 0.15) is 23.1 Å². The summed E-state index contributed by atoms with van der Waals surface area (Å²) in [5, 5.41) is 29.1. The maximum atomic E-state index is 11.7. The second-order valence-electron chi connectivity index (χ2n) is 8.69. The van der Waals surface area contributed by atoms with Crippen molar-refractivity contribution in [2.24, 2.45) is 0 Å². The monoisotopic (exact) mass is 439 g/mol. The predicted molar refractivity (Wildman–Crippen MR) is 121 cm³/mol. The van der Waals surface area contributed by atoms with Gasteiger partial charge in [-0.3, -0.25) is 14.9 Å². The largest absolute Gasteiger partial charge is 0.484 e. The zero-order chi connectivity index (χ0) is 22.7. The van der Waals surface area contributed by atoms with E-state index in [9.17, 15) is 20.0 Å². The van der Waals surface area contributed by atoms with Gasteiger partial charge in [-0.1, -0.05) is 36.8 Å². The van der Waals surface area contributed by atoms with E-state index in [1.54, 1.807) is 6.07 Å². The third-order valence-corrected chi connectivity index (χ3v) is 6.46. The average molecular weight is 440 g/mol. The van der Waals surface area contributed by atoms with Gasteiger partial charge in [0.25, 0.3) is 5.69 Å². The SMILES string of the molecule is CC(=O)Nc1cc2c(cc1[N+](=O)[O-])OC1(CCCCC1)C(O)C2NCCc1ccccc1. The minimum absolute atomic E-state index is 0.103. The Morgan fingerprint density at radius 2 is 1.94 bits per heavy atom. The predicted octanol–water partition coefficient (Wildman–Crippen LogP) is 3.88. The Labute approximate surface area is 187 Å². The van der Waals surface area contributed by atoms with Crippen LogP contribution in [0.2, 0.25) is 0 Å². The first-order valence-electron chi connectivity index (χ1n) is 11.1. The molecule has 2 unspecified atom stereocenters. The summed E-state index contributed by atoms with van der Waals surface area (Å²) < 4.78 is 6.31. The van der Waals surface area contributed by atoms with E-state index in [0.29, 0.717) is 30.7 Å². The van der Waals surface area contributed by atoms with E-state index >= 15 is 0 Å². The van der Waals surface area contributed by atoms with E-state index < -0.39 is 28.6 Å². The Kier molecular flexibility index (Phi) is 6.43. The molecule has 0 saturated heterocycles. The van der Waals surface area contributed by atoms with Gasteiger partial charge in [-0.25, -0.2) is 0 Å². The van der Waals surface area contributed by atoms with Crippen LogP contribution in [0.4, 0.5) is 11.4 Å². The standard InChI is InChI=1S/C24H29N3O5/c1-16(28)26-19-14-18-21(15-20(19)27(30)31)32-24(11-6-3-7-12-24)23(29)22(18)25-13-10-17-8-4-2-5-9-17/h2,4-5,8-9,14-15,22-23,25,29H,3,6-7,10-13H2,1H3,(H,26,28). The fourth-order valence-corrected chi connectivity index (χ4v) is 4.90. The van der Waals surface area contributed by atoms with Gasteiger partial charge in [0.15, 0.2) is 0 Å². The number of rotatable bonds is 6. The van der Waals surface area contributed by atoms with E-state index in [1.807, 2.05) is 18.2 Å². The van der Waals surface area contributed by atoms with Gasteiger partial charge < -0.3 is 20.5 Å². The highest BCUT2D eigenvalue weighted by Gasteiger charge is 2.50. The number of benzene rings is 2. The van der Waals surface area contributed by atoms with Gasteiger partial charge in [0.2, 0.25) is 5.91 Å². The molecule has 1 amide bonds. The van der Waals surface area contributed by atoms with Crippen molar-refractivity contribution in [1.82, 2.24) is 5.32 Å². The molecule has 0 radical (unpaired) electrons. The lowest BCUT2D eigenvalue weighted by Crippen LogP contribution is -2.57. The number of aliphatic hydroxyl groups is 1. The van der Waals surface area contributed by atoms with Crippen LogP contribution in [0.5, 0.6) is 5.75 Å². The lowest BCUT2D eigenvalue weighted by Gasteiger charge is -2.48. The highest BCUT2D eigenvalue weighted by molar-refractivity contribution is 5.91. The van der Waals surface area contributed by atoms with E-state index in [-0.39, 0.29) is 11.4 Å². The third kappa shape index (κ3) is 4.47. The molecule has 2 aromatic carbocycles. The smallest absolute Gasteiger partial charge is 0.296 e. The number of fused-ring (bicyclic) bond motifs is 1. The maximum Gasteiger partial charge on any atom is 0.296 e. The lowest BCUT2D eigenvalue weighted by atomic mass is 9.74. The number of amides is 1. The van der Waals surface area contributed by atoms with Crippen LogP contribution in [-0.4, -0.2) is 34.2 Å². The molecule has 1 fully saturated rings. The first kappa shape index (κ1) is 22.2. The van der Waals surface area contributed by atoms with Crippen molar-refractivity contribution in [3.63, 3.8) is 0 Å². The van der Waals surface area contributed by atoms with Crippen LogP contribution < -0.4 is 15.4 Å². The molecule has 8 heteroatoms. The number of nitrogens with zero attached hydrogens (tertiary/aromatic N) is 1. The van der Waals surface area contributed by atoms with Crippen LogP contribution in [-0.2, 0) is 11.2 Å². The van der Waals surface area contributed by atoms with Crippen LogP contribution in [0, 0.1) is 10.1 Å². The van der Waals surface area contributed by atoms with Crippen molar-refractivity contribution in [3.8, 4) is 5.75 Å². The molecule has 2 aliphatic rings. The summed E-state index contributed by atoms with van der Waals surface area (Å²) in [6, 6.07) is 12.5. The molecule has 1 spiro atoms. The summed E-state index contributed by atoms with van der Waals surface area (Å²) in [4.78, 5) is 22.8. The van der Waals surface area contributed by atoms with Crippen LogP contribution in [0.1, 0.15) is 56.2 Å². The van der Waals surface area contributed by atoms with Gasteiger partial charge in [0.05, 0.1) is 17.0 Å². The molecule has 0 bridgehead atoms. The van der Waals surface area contributed by atoms with Crippen LogP contribution in [0.3, 0.4) is 0 Å². The summed E-state index contributed by atoms with van der Waals surface area (Å²) >= 11 is 0. The summed E-state index contributed by atoms with van der Waals surface area (Å²) in [6.07, 6.45) is 4.33. The van der Waals surface area contributed by atoms with Crippen molar-refractivity contribution in [2.75, 3.05) is 11.9 Å². The highest BCUT2D eigenvalue weighted by Crippen LogP contribution is 2.48. The quantitative estimate of drug-likeness (QED) is 0.465. The number of hydrogen-bond acceptors (Lipinski definition) is 6. The summed E-state index contributed by atoms with van der Waals surface area (Å²) in [6.45, 7) is 1.93. The molecular formula is C24H29N3O5. The molecule has 2 atom stereocenters. The molecule has 32 heavy (non-hydrogen) atoms. The van der Waals surface area contributed by atoms with Crippen LogP contribution >= 0.6 is 0 Å². The van der Waals surface area contributed by atoms with E-state index in [2.05, 4.69) is 22.8 Å². The second-order valence-corrected chi connectivity index (χ2v) is 8.69. The number of hydrogen-bond donors (Lipinski definition) is 3. The molecule has 4 rings (SSSR count). The van der Waals surface area contributed by atoms with Crippen molar-refractivity contribution in [3.05, 3.63) is 63.7 Å². The minimum atomic E-state index is -0.808. The molecular weight excluding hydrogens is 410 g/mol.